The molecule has 1 amide bonds. The number of hydrogen-bond acceptors (Lipinski definition) is 7. The maximum absolute atomic E-state index is 12.7. The molecule has 6 nitrogen and oxygen atoms in total. The highest BCUT2D eigenvalue weighted by Crippen LogP contribution is 2.44. The lowest BCUT2D eigenvalue weighted by Crippen LogP contribution is -2.17. The van der Waals surface area contributed by atoms with Crippen molar-refractivity contribution in [1.82, 2.24) is 9.97 Å². The maximum atomic E-state index is 12.7. The number of aromatic nitrogens is 2. The number of carbonyl (C=O) groups excluding carboxylic acids is 1. The number of thiophene rings is 1. The van der Waals surface area contributed by atoms with E-state index >= 15 is 0 Å². The third-order valence-corrected chi connectivity index (χ3v) is 8.37. The van der Waals surface area contributed by atoms with Crippen LogP contribution in [0, 0.1) is 5.92 Å². The Labute approximate surface area is 195 Å². The van der Waals surface area contributed by atoms with Crippen LogP contribution in [0.4, 0.5) is 5.69 Å². The first-order chi connectivity index (χ1) is 15.6. The van der Waals surface area contributed by atoms with Gasteiger partial charge in [0.2, 0.25) is 5.91 Å². The fourth-order valence-corrected chi connectivity index (χ4v) is 6.72. The summed E-state index contributed by atoms with van der Waals surface area (Å²) in [5, 5.41) is 5.15. The minimum Gasteiger partial charge on any atom is -0.486 e. The Balaban J connectivity index is 1.23. The molecule has 1 atom stereocenters. The molecule has 1 N–H and O–H groups in total. The molecule has 8 heteroatoms. The third kappa shape index (κ3) is 3.94. The van der Waals surface area contributed by atoms with Crippen LogP contribution >= 0.6 is 23.1 Å². The number of ether oxygens (including phenoxy) is 2. The normalized spacial score (nSPS) is 19.6. The quantitative estimate of drug-likeness (QED) is 0.411. The monoisotopic (exact) mass is 467 g/mol. The van der Waals surface area contributed by atoms with Gasteiger partial charge >= 0.3 is 0 Å². The van der Waals surface area contributed by atoms with Gasteiger partial charge in [0.1, 0.15) is 28.9 Å². The number of carbonyl (C=O) groups is 1. The van der Waals surface area contributed by atoms with Crippen molar-refractivity contribution in [3.63, 3.8) is 0 Å². The van der Waals surface area contributed by atoms with Crippen molar-refractivity contribution >= 4 is 44.9 Å². The first kappa shape index (κ1) is 20.3. The second-order valence-corrected chi connectivity index (χ2v) is 10.9. The second-order valence-electron chi connectivity index (χ2n) is 8.89. The summed E-state index contributed by atoms with van der Waals surface area (Å²) in [6, 6.07) is 5.51. The van der Waals surface area contributed by atoms with Gasteiger partial charge in [0, 0.05) is 27.9 Å². The first-order valence-corrected chi connectivity index (χ1v) is 13.1. The molecule has 166 valence electrons. The molecule has 1 aromatic carbocycles. The lowest BCUT2D eigenvalue weighted by Gasteiger charge is -2.19. The molecule has 32 heavy (non-hydrogen) atoms. The van der Waals surface area contributed by atoms with E-state index in [1.165, 1.54) is 46.9 Å². The number of anilines is 1. The van der Waals surface area contributed by atoms with Crippen LogP contribution in [0.25, 0.3) is 10.2 Å². The molecule has 3 heterocycles. The number of nitrogens with one attached hydrogen (secondary N) is 1. The molecular weight excluding hydrogens is 442 g/mol. The van der Waals surface area contributed by atoms with Crippen LogP contribution in [-0.2, 0) is 17.6 Å². The molecule has 0 bridgehead atoms. The van der Waals surface area contributed by atoms with E-state index in [4.69, 9.17) is 19.4 Å². The van der Waals surface area contributed by atoms with E-state index in [1.54, 1.807) is 0 Å². The third-order valence-electron chi connectivity index (χ3n) is 6.25. The van der Waals surface area contributed by atoms with Gasteiger partial charge < -0.3 is 14.8 Å². The van der Waals surface area contributed by atoms with Gasteiger partial charge in [-0.2, -0.15) is 0 Å². The maximum Gasteiger partial charge on any atom is 0.234 e. The van der Waals surface area contributed by atoms with E-state index in [9.17, 15) is 4.79 Å². The topological polar surface area (TPSA) is 73.3 Å². The Morgan fingerprint density at radius 3 is 2.88 bits per heavy atom. The zero-order valence-corrected chi connectivity index (χ0v) is 19.6. The number of aryl methyl sites for hydroxylation is 1. The van der Waals surface area contributed by atoms with Crippen molar-refractivity contribution in [2.24, 2.45) is 5.92 Å². The zero-order valence-electron chi connectivity index (χ0n) is 18.0. The lowest BCUT2D eigenvalue weighted by atomic mass is 9.89. The molecular formula is C24H25N3O3S2. The van der Waals surface area contributed by atoms with Crippen LogP contribution in [0.2, 0.25) is 0 Å². The summed E-state index contributed by atoms with van der Waals surface area (Å²) >= 11 is 3.37. The molecule has 1 fully saturated rings. The summed E-state index contributed by atoms with van der Waals surface area (Å²) in [5.74, 6) is 3.82. The number of rotatable bonds is 5. The fourth-order valence-electron chi connectivity index (χ4n) is 4.41. The number of benzene rings is 1. The molecule has 0 saturated heterocycles. The van der Waals surface area contributed by atoms with Crippen molar-refractivity contribution in [2.75, 3.05) is 24.3 Å². The zero-order chi connectivity index (χ0) is 21.7. The van der Waals surface area contributed by atoms with Crippen LogP contribution in [0.15, 0.2) is 23.2 Å². The molecule has 0 radical (unpaired) electrons. The summed E-state index contributed by atoms with van der Waals surface area (Å²) in [4.78, 5) is 25.2. The van der Waals surface area contributed by atoms with Gasteiger partial charge in [-0.1, -0.05) is 18.7 Å². The lowest BCUT2D eigenvalue weighted by molar-refractivity contribution is -0.113. The van der Waals surface area contributed by atoms with E-state index in [1.807, 2.05) is 29.5 Å². The number of nitrogens with zero attached hydrogens (tertiary/aromatic N) is 2. The average molecular weight is 468 g/mol. The van der Waals surface area contributed by atoms with Gasteiger partial charge in [0.15, 0.2) is 11.5 Å². The van der Waals surface area contributed by atoms with Crippen molar-refractivity contribution in [3.8, 4) is 11.5 Å². The minimum atomic E-state index is -0.0517. The highest BCUT2D eigenvalue weighted by Gasteiger charge is 2.30. The number of amides is 1. The molecule has 1 aliphatic heterocycles. The van der Waals surface area contributed by atoms with Gasteiger partial charge in [-0.3, -0.25) is 4.79 Å². The first-order valence-electron chi connectivity index (χ1n) is 11.3. The van der Waals surface area contributed by atoms with Crippen molar-refractivity contribution in [2.45, 2.75) is 50.0 Å². The molecule has 2 aromatic heterocycles. The van der Waals surface area contributed by atoms with Crippen LogP contribution < -0.4 is 14.8 Å². The summed E-state index contributed by atoms with van der Waals surface area (Å²) in [5.41, 5.74) is 2.13. The molecule has 3 aliphatic rings. The summed E-state index contributed by atoms with van der Waals surface area (Å²) in [6.45, 7) is 3.40. The molecule has 2 aliphatic carbocycles. The molecule has 6 rings (SSSR count). The Morgan fingerprint density at radius 1 is 1.19 bits per heavy atom. The van der Waals surface area contributed by atoms with Crippen LogP contribution in [0.5, 0.6) is 11.5 Å². The van der Waals surface area contributed by atoms with Crippen molar-refractivity contribution in [1.29, 1.82) is 0 Å². The highest BCUT2D eigenvalue weighted by molar-refractivity contribution is 8.00. The summed E-state index contributed by atoms with van der Waals surface area (Å²) in [6.07, 6.45) is 5.76. The summed E-state index contributed by atoms with van der Waals surface area (Å²) < 4.78 is 11.2. The van der Waals surface area contributed by atoms with Crippen molar-refractivity contribution < 1.29 is 14.3 Å². The van der Waals surface area contributed by atoms with E-state index in [0.29, 0.717) is 36.3 Å². The van der Waals surface area contributed by atoms with E-state index in [-0.39, 0.29) is 5.91 Å². The fraction of sp³-hybridized carbons (Fsp3) is 0.458. The highest BCUT2D eigenvalue weighted by atomic mass is 32.2. The Morgan fingerprint density at radius 2 is 2.03 bits per heavy atom. The minimum absolute atomic E-state index is 0.0517. The molecule has 1 saturated carbocycles. The Bertz CT molecular complexity index is 1200. The standard InChI is InChI=1S/C24H25N3O3S2/c1-13-2-6-16-19(10-13)32-24-21(16)23(26-22(27-24)14-3-4-14)31-12-20(28)25-15-5-7-17-18(11-15)30-9-8-29-17/h5,7,11,13-14H,2-4,6,8-10,12H2,1H3,(H,25,28)/t13-/m0/s1. The number of thioether (sulfide) groups is 1. The van der Waals surface area contributed by atoms with E-state index in [0.717, 1.165) is 40.2 Å². The number of hydrogen-bond donors (Lipinski definition) is 1. The van der Waals surface area contributed by atoms with Crippen LogP contribution in [0.3, 0.4) is 0 Å². The predicted molar refractivity (Wildman–Crippen MR) is 127 cm³/mol. The predicted octanol–water partition coefficient (Wildman–Crippen LogP) is 5.20. The Kier molecular flexibility index (Phi) is 5.22. The van der Waals surface area contributed by atoms with Gasteiger partial charge in [0.05, 0.1) is 5.75 Å². The average Bonchev–Trinajstić information content (AvgIpc) is 3.58. The van der Waals surface area contributed by atoms with Gasteiger partial charge in [-0.25, -0.2) is 9.97 Å². The molecule has 0 spiro atoms. The van der Waals surface area contributed by atoms with E-state index in [2.05, 4.69) is 12.2 Å². The number of fused-ring (bicyclic) bond motifs is 4. The second kappa shape index (κ2) is 8.23. The van der Waals surface area contributed by atoms with Gasteiger partial charge in [-0.05, 0) is 55.7 Å². The van der Waals surface area contributed by atoms with Crippen LogP contribution in [0.1, 0.15) is 48.4 Å². The van der Waals surface area contributed by atoms with Crippen molar-refractivity contribution in [3.05, 3.63) is 34.5 Å². The summed E-state index contributed by atoms with van der Waals surface area (Å²) in [7, 11) is 0. The van der Waals surface area contributed by atoms with Gasteiger partial charge in [0.25, 0.3) is 0 Å². The molecule has 3 aromatic rings. The smallest absolute Gasteiger partial charge is 0.234 e. The largest absolute Gasteiger partial charge is 0.486 e. The van der Waals surface area contributed by atoms with Gasteiger partial charge in [-0.15, -0.1) is 11.3 Å². The Hall–Kier alpha value is -2.32. The SMILES string of the molecule is C[C@H]1CCc2c(sc3nc(C4CC4)nc(SCC(=O)Nc4ccc5c(c4)OCCO5)c23)C1. The van der Waals surface area contributed by atoms with Crippen LogP contribution in [-0.4, -0.2) is 34.8 Å². The van der Waals surface area contributed by atoms with E-state index < -0.39 is 0 Å². The molecule has 0 unspecified atom stereocenters.